The van der Waals surface area contributed by atoms with Crippen LogP contribution in [0.25, 0.3) is 5.69 Å². The number of aryl methyl sites for hydroxylation is 1. The van der Waals surface area contributed by atoms with E-state index in [1.807, 2.05) is 59.0 Å². The number of carbonyl (C=O) groups excluding carboxylic acids is 1. The first-order valence-corrected chi connectivity index (χ1v) is 12.2. The van der Waals surface area contributed by atoms with Gasteiger partial charge in [-0.2, -0.15) is 0 Å². The Morgan fingerprint density at radius 1 is 1.11 bits per heavy atom. The second kappa shape index (κ2) is 10.3. The molecule has 0 unspecified atom stereocenters. The number of carbonyl (C=O) groups is 1. The van der Waals surface area contributed by atoms with Crippen LogP contribution in [-0.4, -0.2) is 51.1 Å². The summed E-state index contributed by atoms with van der Waals surface area (Å²) in [6, 6.07) is 13.8. The summed E-state index contributed by atoms with van der Waals surface area (Å²) in [5, 5.41) is 3.36. The molecule has 37 heavy (non-hydrogen) atoms. The summed E-state index contributed by atoms with van der Waals surface area (Å²) < 4.78 is 13.0. The summed E-state index contributed by atoms with van der Waals surface area (Å²) in [5.41, 5.74) is 6.58. The molecule has 2 aromatic heterocycles. The largest absolute Gasteiger partial charge is 0.497 e. The molecule has 4 aromatic rings. The number of amides is 1. The first kappa shape index (κ1) is 24.3. The Labute approximate surface area is 216 Å². The molecule has 1 aliphatic heterocycles. The van der Waals surface area contributed by atoms with Crippen molar-refractivity contribution < 1.29 is 14.3 Å². The smallest absolute Gasteiger partial charge is 0.227 e. The van der Waals surface area contributed by atoms with Crippen LogP contribution in [0.15, 0.2) is 55.0 Å². The zero-order valence-electron chi connectivity index (χ0n) is 21.5. The molecule has 1 aliphatic rings. The van der Waals surface area contributed by atoms with Crippen LogP contribution in [0.3, 0.4) is 0 Å². The van der Waals surface area contributed by atoms with Crippen LogP contribution in [0, 0.1) is 6.92 Å². The summed E-state index contributed by atoms with van der Waals surface area (Å²) in [6.07, 6.45) is 5.00. The van der Waals surface area contributed by atoms with Crippen LogP contribution in [0.5, 0.6) is 11.5 Å². The van der Waals surface area contributed by atoms with E-state index in [1.54, 1.807) is 27.5 Å². The lowest BCUT2D eigenvalue weighted by Gasteiger charge is -2.29. The topological polar surface area (TPSA) is 94.4 Å². The van der Waals surface area contributed by atoms with Crippen molar-refractivity contribution in [2.24, 2.45) is 0 Å². The Morgan fingerprint density at radius 2 is 1.97 bits per heavy atom. The number of nitrogens with zero attached hydrogens (tertiary/aromatic N) is 5. The van der Waals surface area contributed by atoms with E-state index in [-0.39, 0.29) is 5.91 Å². The average molecular weight is 499 g/mol. The Morgan fingerprint density at radius 3 is 2.70 bits per heavy atom. The number of methoxy groups -OCH3 is 2. The molecule has 2 aromatic carbocycles. The molecule has 9 nitrogen and oxygen atoms in total. The predicted molar refractivity (Wildman–Crippen MR) is 141 cm³/mol. The van der Waals surface area contributed by atoms with E-state index >= 15 is 0 Å². The van der Waals surface area contributed by atoms with Crippen molar-refractivity contribution >= 4 is 17.5 Å². The van der Waals surface area contributed by atoms with Crippen molar-refractivity contribution in [1.29, 1.82) is 0 Å². The molecule has 0 saturated carbocycles. The standard InChI is InChI=1S/C28H30N6O3/c1-18-15-34(17-29-18)26-9-8-21(14-27(26)37-4)30-28-31-24-10-11-33(19(2)35)16-23(24)25(32-28)13-20-6-5-7-22(12-20)36-3/h5-9,12,14-15,17H,10-11,13,16H2,1-4H3,(H,30,31,32). The zero-order chi connectivity index (χ0) is 25.9. The Hall–Kier alpha value is -4.40. The van der Waals surface area contributed by atoms with Gasteiger partial charge in [0.1, 0.15) is 11.5 Å². The number of fused-ring (bicyclic) bond motifs is 1. The predicted octanol–water partition coefficient (Wildman–Crippen LogP) is 4.23. The van der Waals surface area contributed by atoms with Gasteiger partial charge < -0.3 is 24.3 Å². The Balaban J connectivity index is 1.49. The summed E-state index contributed by atoms with van der Waals surface area (Å²) in [5.74, 6) is 2.07. The van der Waals surface area contributed by atoms with Crippen molar-refractivity contribution in [1.82, 2.24) is 24.4 Å². The number of aromatic nitrogens is 4. The molecule has 1 amide bonds. The molecule has 0 atom stereocenters. The van der Waals surface area contributed by atoms with Gasteiger partial charge in [-0.25, -0.2) is 15.0 Å². The lowest BCUT2D eigenvalue weighted by molar-refractivity contribution is -0.129. The minimum absolute atomic E-state index is 0.0560. The first-order valence-electron chi connectivity index (χ1n) is 12.2. The van der Waals surface area contributed by atoms with Gasteiger partial charge in [0.25, 0.3) is 0 Å². The molecule has 0 radical (unpaired) electrons. The van der Waals surface area contributed by atoms with Crippen LogP contribution in [0.1, 0.15) is 35.1 Å². The van der Waals surface area contributed by atoms with Gasteiger partial charge in [-0.1, -0.05) is 12.1 Å². The van der Waals surface area contributed by atoms with Crippen molar-refractivity contribution in [3.05, 3.63) is 83.2 Å². The van der Waals surface area contributed by atoms with Crippen LogP contribution in [-0.2, 0) is 24.2 Å². The molecule has 190 valence electrons. The molecule has 0 bridgehead atoms. The van der Waals surface area contributed by atoms with Gasteiger partial charge in [-0.05, 0) is 36.8 Å². The molecule has 0 fully saturated rings. The minimum Gasteiger partial charge on any atom is -0.497 e. The third-order valence-corrected chi connectivity index (χ3v) is 6.52. The molecule has 5 rings (SSSR count). The van der Waals surface area contributed by atoms with Crippen LogP contribution < -0.4 is 14.8 Å². The molecule has 9 heteroatoms. The number of anilines is 2. The third kappa shape index (κ3) is 5.25. The third-order valence-electron chi connectivity index (χ3n) is 6.52. The number of nitrogens with one attached hydrogen (secondary N) is 1. The number of hydrogen-bond acceptors (Lipinski definition) is 7. The normalized spacial score (nSPS) is 12.7. The van der Waals surface area contributed by atoms with Crippen LogP contribution >= 0.6 is 0 Å². The molecular weight excluding hydrogens is 468 g/mol. The fourth-order valence-electron chi connectivity index (χ4n) is 4.58. The van der Waals surface area contributed by atoms with Crippen LogP contribution in [0.4, 0.5) is 11.6 Å². The number of benzene rings is 2. The van der Waals surface area contributed by atoms with Gasteiger partial charge in [0.15, 0.2) is 0 Å². The van der Waals surface area contributed by atoms with E-state index in [9.17, 15) is 4.79 Å². The highest BCUT2D eigenvalue weighted by molar-refractivity contribution is 5.73. The van der Waals surface area contributed by atoms with E-state index in [0.717, 1.165) is 45.3 Å². The number of ether oxygens (including phenoxy) is 2. The highest BCUT2D eigenvalue weighted by Gasteiger charge is 2.24. The zero-order valence-corrected chi connectivity index (χ0v) is 21.5. The summed E-state index contributed by atoms with van der Waals surface area (Å²) >= 11 is 0. The highest BCUT2D eigenvalue weighted by atomic mass is 16.5. The lowest BCUT2D eigenvalue weighted by Crippen LogP contribution is -2.35. The van der Waals surface area contributed by atoms with Crippen LogP contribution in [0.2, 0.25) is 0 Å². The number of imidazole rings is 1. The monoisotopic (exact) mass is 498 g/mol. The maximum absolute atomic E-state index is 12.1. The Kier molecular flexibility index (Phi) is 6.76. The number of rotatable bonds is 7. The van der Waals surface area contributed by atoms with E-state index in [4.69, 9.17) is 19.4 Å². The molecule has 0 spiro atoms. The SMILES string of the molecule is COc1cccc(Cc2nc(Nc3ccc(-n4cnc(C)c4)c(OC)c3)nc3c2CN(C(C)=O)CC3)c1. The maximum atomic E-state index is 12.1. The summed E-state index contributed by atoms with van der Waals surface area (Å²) in [6.45, 7) is 4.71. The highest BCUT2D eigenvalue weighted by Crippen LogP contribution is 2.30. The van der Waals surface area contributed by atoms with Crippen molar-refractivity contribution in [3.8, 4) is 17.2 Å². The van der Waals surface area contributed by atoms with E-state index in [2.05, 4.69) is 16.4 Å². The molecule has 0 saturated heterocycles. The van der Waals surface area contributed by atoms with E-state index in [0.29, 0.717) is 37.6 Å². The lowest BCUT2D eigenvalue weighted by atomic mass is 9.99. The van der Waals surface area contributed by atoms with Gasteiger partial charge in [-0.3, -0.25) is 4.79 Å². The van der Waals surface area contributed by atoms with E-state index in [1.165, 1.54) is 0 Å². The van der Waals surface area contributed by atoms with Crippen molar-refractivity contribution in [3.63, 3.8) is 0 Å². The Bertz CT molecular complexity index is 1450. The fourth-order valence-corrected chi connectivity index (χ4v) is 4.58. The maximum Gasteiger partial charge on any atom is 0.227 e. The quantitative estimate of drug-likeness (QED) is 0.408. The van der Waals surface area contributed by atoms with Gasteiger partial charge in [0, 0.05) is 56.4 Å². The van der Waals surface area contributed by atoms with E-state index < -0.39 is 0 Å². The second-order valence-electron chi connectivity index (χ2n) is 9.07. The summed E-state index contributed by atoms with van der Waals surface area (Å²) in [7, 11) is 3.31. The second-order valence-corrected chi connectivity index (χ2v) is 9.07. The van der Waals surface area contributed by atoms with Crippen molar-refractivity contribution in [2.45, 2.75) is 33.2 Å². The fraction of sp³-hybridized carbons (Fsp3) is 0.286. The van der Waals surface area contributed by atoms with Gasteiger partial charge in [0.2, 0.25) is 11.9 Å². The van der Waals surface area contributed by atoms with Gasteiger partial charge in [0.05, 0.1) is 43.3 Å². The minimum atomic E-state index is 0.0560. The first-order chi connectivity index (χ1) is 17.9. The molecular formula is C28H30N6O3. The molecule has 0 aliphatic carbocycles. The average Bonchev–Trinajstić information content (AvgIpc) is 3.34. The van der Waals surface area contributed by atoms with Gasteiger partial charge >= 0.3 is 0 Å². The van der Waals surface area contributed by atoms with Gasteiger partial charge in [-0.15, -0.1) is 0 Å². The molecule has 1 N–H and O–H groups in total. The number of hydrogen-bond donors (Lipinski definition) is 1. The summed E-state index contributed by atoms with van der Waals surface area (Å²) in [4.78, 5) is 28.0. The molecule has 3 heterocycles. The van der Waals surface area contributed by atoms with Crippen molar-refractivity contribution in [2.75, 3.05) is 26.1 Å².